The molecule has 2 aromatic rings. The van der Waals surface area contributed by atoms with Gasteiger partial charge in [-0.25, -0.2) is 13.1 Å². The van der Waals surface area contributed by atoms with Crippen LogP contribution < -0.4 is 9.46 Å². The van der Waals surface area contributed by atoms with Crippen LogP contribution in [-0.2, 0) is 16.4 Å². The number of fused-ring (bicyclic) bond motifs is 1. The van der Waals surface area contributed by atoms with Crippen LogP contribution in [0.2, 0.25) is 0 Å². The van der Waals surface area contributed by atoms with Crippen molar-refractivity contribution in [2.75, 3.05) is 6.54 Å². The van der Waals surface area contributed by atoms with Crippen LogP contribution in [0.3, 0.4) is 0 Å². The fraction of sp³-hybridized carbons (Fsp3) is 0.250. The number of nitrogens with zero attached hydrogens (tertiary/aromatic N) is 1. The molecule has 0 saturated carbocycles. The Hall–Kier alpha value is -2.45. The van der Waals surface area contributed by atoms with Crippen molar-refractivity contribution in [3.8, 4) is 5.75 Å². The van der Waals surface area contributed by atoms with Gasteiger partial charge in [-0.3, -0.25) is 10.1 Å². The average Bonchev–Trinajstić information content (AvgIpc) is 2.96. The number of aryl methyl sites for hydroxylation is 1. The van der Waals surface area contributed by atoms with Crippen LogP contribution in [0.5, 0.6) is 5.75 Å². The third kappa shape index (κ3) is 3.24. The highest BCUT2D eigenvalue weighted by Gasteiger charge is 2.25. The van der Waals surface area contributed by atoms with Crippen LogP contribution >= 0.6 is 0 Å². The molecule has 0 bridgehead atoms. The van der Waals surface area contributed by atoms with Crippen LogP contribution in [-0.4, -0.2) is 26.0 Å². The molecule has 0 aromatic heterocycles. The number of hydrogen-bond acceptors (Lipinski definition) is 5. The summed E-state index contributed by atoms with van der Waals surface area (Å²) in [5, 5.41) is 11.0. The maximum absolute atomic E-state index is 12.4. The highest BCUT2D eigenvalue weighted by molar-refractivity contribution is 7.89. The number of sulfonamides is 1. The molecular formula is C16H16N2O5S. The monoisotopic (exact) mass is 348 g/mol. The number of ether oxygens (including phenoxy) is 1. The van der Waals surface area contributed by atoms with Crippen molar-refractivity contribution in [1.82, 2.24) is 4.72 Å². The Morgan fingerprint density at radius 3 is 2.75 bits per heavy atom. The van der Waals surface area contributed by atoms with Crippen molar-refractivity contribution in [2.24, 2.45) is 0 Å². The van der Waals surface area contributed by atoms with E-state index in [-0.39, 0.29) is 23.2 Å². The zero-order valence-electron chi connectivity index (χ0n) is 12.9. The van der Waals surface area contributed by atoms with Crippen LogP contribution in [0.15, 0.2) is 47.4 Å². The zero-order chi connectivity index (χ0) is 17.3. The van der Waals surface area contributed by atoms with E-state index in [1.165, 1.54) is 12.1 Å². The minimum atomic E-state index is -3.84. The lowest BCUT2D eigenvalue weighted by Gasteiger charge is -2.12. The molecule has 1 atom stereocenters. The molecule has 1 N–H and O–H groups in total. The minimum absolute atomic E-state index is 0.0959. The topological polar surface area (TPSA) is 98.5 Å². The highest BCUT2D eigenvalue weighted by Crippen LogP contribution is 2.28. The third-order valence-electron chi connectivity index (χ3n) is 3.90. The first kappa shape index (κ1) is 16.4. The first-order valence-electron chi connectivity index (χ1n) is 7.36. The second kappa shape index (κ2) is 6.21. The summed E-state index contributed by atoms with van der Waals surface area (Å²) in [7, 11) is -3.84. The number of nitro groups is 1. The molecule has 8 heteroatoms. The Morgan fingerprint density at radius 1 is 1.29 bits per heavy atom. The van der Waals surface area contributed by atoms with Gasteiger partial charge < -0.3 is 4.74 Å². The van der Waals surface area contributed by atoms with E-state index in [4.69, 9.17) is 4.74 Å². The molecule has 0 saturated heterocycles. The number of benzene rings is 2. The summed E-state index contributed by atoms with van der Waals surface area (Å²) in [6.45, 7) is 1.66. The Labute approximate surface area is 139 Å². The molecular weight excluding hydrogens is 332 g/mol. The van der Waals surface area contributed by atoms with Crippen molar-refractivity contribution >= 4 is 15.7 Å². The average molecular weight is 348 g/mol. The van der Waals surface area contributed by atoms with Gasteiger partial charge >= 0.3 is 0 Å². The molecule has 0 unspecified atom stereocenters. The van der Waals surface area contributed by atoms with Crippen molar-refractivity contribution < 1.29 is 18.1 Å². The van der Waals surface area contributed by atoms with Crippen molar-refractivity contribution in [3.63, 3.8) is 0 Å². The molecule has 1 aliphatic rings. The molecule has 1 heterocycles. The Kier molecular flexibility index (Phi) is 4.25. The number of nitro benzene ring substituents is 1. The van der Waals surface area contributed by atoms with Crippen LogP contribution in [0, 0.1) is 17.0 Å². The van der Waals surface area contributed by atoms with Gasteiger partial charge in [-0.1, -0.05) is 24.3 Å². The summed E-state index contributed by atoms with van der Waals surface area (Å²) in [5.74, 6) is 0.757. The summed E-state index contributed by atoms with van der Waals surface area (Å²) in [5.41, 5.74) is 1.23. The smallest absolute Gasteiger partial charge is 0.273 e. The van der Waals surface area contributed by atoms with Crippen LogP contribution in [0.1, 0.15) is 11.1 Å². The first-order valence-corrected chi connectivity index (χ1v) is 8.84. The molecule has 24 heavy (non-hydrogen) atoms. The van der Waals surface area contributed by atoms with E-state index >= 15 is 0 Å². The maximum atomic E-state index is 12.4. The lowest BCUT2D eigenvalue weighted by molar-refractivity contribution is -0.385. The van der Waals surface area contributed by atoms with Gasteiger partial charge in [0.15, 0.2) is 0 Å². The Balaban J connectivity index is 1.71. The van der Waals surface area contributed by atoms with Crippen molar-refractivity contribution in [2.45, 2.75) is 24.3 Å². The van der Waals surface area contributed by atoms with Gasteiger partial charge in [0.05, 0.1) is 9.82 Å². The Morgan fingerprint density at radius 2 is 2.04 bits per heavy atom. The molecule has 7 nitrogen and oxygen atoms in total. The predicted molar refractivity (Wildman–Crippen MR) is 87.6 cm³/mol. The minimum Gasteiger partial charge on any atom is -0.488 e. The quantitative estimate of drug-likeness (QED) is 0.660. The molecule has 1 aliphatic heterocycles. The van der Waals surface area contributed by atoms with Gasteiger partial charge in [-0.05, 0) is 24.6 Å². The molecule has 0 radical (unpaired) electrons. The number of para-hydroxylation sites is 1. The number of hydrogen-bond donors (Lipinski definition) is 1. The largest absolute Gasteiger partial charge is 0.488 e. The fourth-order valence-corrected chi connectivity index (χ4v) is 3.69. The summed E-state index contributed by atoms with van der Waals surface area (Å²) in [6, 6.07) is 11.4. The molecule has 0 aliphatic carbocycles. The fourth-order valence-electron chi connectivity index (χ4n) is 2.61. The lowest BCUT2D eigenvalue weighted by atomic mass is 10.1. The highest BCUT2D eigenvalue weighted by atomic mass is 32.2. The third-order valence-corrected chi connectivity index (χ3v) is 5.32. The van der Waals surface area contributed by atoms with Crippen LogP contribution in [0.4, 0.5) is 5.69 Å². The van der Waals surface area contributed by atoms with E-state index in [9.17, 15) is 18.5 Å². The van der Waals surface area contributed by atoms with E-state index in [0.717, 1.165) is 17.4 Å². The van der Waals surface area contributed by atoms with Gasteiger partial charge in [0.25, 0.3) is 5.69 Å². The molecule has 3 rings (SSSR count). The predicted octanol–water partition coefficient (Wildman–Crippen LogP) is 2.19. The first-order chi connectivity index (χ1) is 11.4. The number of nitrogens with one attached hydrogen (secondary N) is 1. The second-order valence-electron chi connectivity index (χ2n) is 5.61. The normalized spacial score (nSPS) is 16.5. The summed E-state index contributed by atoms with van der Waals surface area (Å²) >= 11 is 0. The van der Waals surface area contributed by atoms with E-state index in [0.29, 0.717) is 12.0 Å². The van der Waals surface area contributed by atoms with Crippen LogP contribution in [0.25, 0.3) is 0 Å². The van der Waals surface area contributed by atoms with E-state index < -0.39 is 14.9 Å². The Bertz CT molecular complexity index is 870. The molecule has 0 fully saturated rings. The summed E-state index contributed by atoms with van der Waals surface area (Å²) in [4.78, 5) is 10.2. The maximum Gasteiger partial charge on any atom is 0.273 e. The van der Waals surface area contributed by atoms with Gasteiger partial charge in [0.1, 0.15) is 11.9 Å². The molecule has 126 valence electrons. The lowest BCUT2D eigenvalue weighted by Crippen LogP contribution is -2.34. The van der Waals surface area contributed by atoms with E-state index in [1.807, 2.05) is 24.3 Å². The molecule has 0 spiro atoms. The van der Waals surface area contributed by atoms with E-state index in [2.05, 4.69) is 4.72 Å². The zero-order valence-corrected chi connectivity index (χ0v) is 13.7. The van der Waals surface area contributed by atoms with Crippen molar-refractivity contribution in [1.29, 1.82) is 0 Å². The van der Waals surface area contributed by atoms with Gasteiger partial charge in [0, 0.05) is 24.6 Å². The second-order valence-corrected chi connectivity index (χ2v) is 7.38. The standard InChI is InChI=1S/C16H16N2O5S/c1-11-6-7-14(9-15(11)18(19)20)24(21,22)17-10-13-8-12-4-2-3-5-16(12)23-13/h2-7,9,13,17H,8,10H2,1H3/t13-/m0/s1. The summed E-state index contributed by atoms with van der Waals surface area (Å²) < 4.78 is 32.9. The van der Waals surface area contributed by atoms with Gasteiger partial charge in [-0.2, -0.15) is 0 Å². The summed E-state index contributed by atoms with van der Waals surface area (Å²) in [6.07, 6.45) is 0.324. The van der Waals surface area contributed by atoms with Gasteiger partial charge in [0.2, 0.25) is 10.0 Å². The van der Waals surface area contributed by atoms with Crippen molar-refractivity contribution in [3.05, 3.63) is 63.7 Å². The molecule has 2 aromatic carbocycles. The number of rotatable bonds is 5. The van der Waals surface area contributed by atoms with Gasteiger partial charge in [-0.15, -0.1) is 0 Å². The molecule has 0 amide bonds. The van der Waals surface area contributed by atoms with E-state index in [1.54, 1.807) is 6.92 Å². The SMILES string of the molecule is Cc1ccc(S(=O)(=O)NC[C@@H]2Cc3ccccc3O2)cc1[N+](=O)[O-].